The molecular formula is C17H25N3. The van der Waals surface area contributed by atoms with Gasteiger partial charge in [-0.05, 0) is 24.5 Å². The molecule has 0 aliphatic rings. The Morgan fingerprint density at radius 2 is 1.80 bits per heavy atom. The minimum atomic E-state index is 0.391. The van der Waals surface area contributed by atoms with E-state index in [1.54, 1.807) is 0 Å². The van der Waals surface area contributed by atoms with E-state index in [0.29, 0.717) is 11.8 Å². The van der Waals surface area contributed by atoms with Crippen LogP contribution in [-0.4, -0.2) is 9.78 Å². The molecule has 1 heterocycles. The van der Waals surface area contributed by atoms with E-state index < -0.39 is 0 Å². The summed E-state index contributed by atoms with van der Waals surface area (Å²) in [6.07, 6.45) is 2.31. The van der Waals surface area contributed by atoms with Gasteiger partial charge < -0.3 is 5.73 Å². The maximum atomic E-state index is 6.37. The van der Waals surface area contributed by atoms with Crippen LogP contribution < -0.4 is 5.73 Å². The van der Waals surface area contributed by atoms with Crippen molar-refractivity contribution in [3.63, 3.8) is 0 Å². The summed E-state index contributed by atoms with van der Waals surface area (Å²) in [5, 5.41) is 4.81. The van der Waals surface area contributed by atoms with Gasteiger partial charge in [-0.15, -0.1) is 0 Å². The van der Waals surface area contributed by atoms with Crippen molar-refractivity contribution in [2.75, 3.05) is 5.73 Å². The average Bonchev–Trinajstić information content (AvgIpc) is 2.78. The maximum Gasteiger partial charge on any atom is 0.130 e. The molecule has 3 heteroatoms. The summed E-state index contributed by atoms with van der Waals surface area (Å²) in [6.45, 7) is 8.82. The van der Waals surface area contributed by atoms with Crippen LogP contribution in [0.1, 0.15) is 63.6 Å². The van der Waals surface area contributed by atoms with E-state index in [9.17, 15) is 0 Å². The second-order valence-electron chi connectivity index (χ2n) is 5.78. The number of nitrogen functional groups attached to an aromatic ring is 1. The van der Waals surface area contributed by atoms with Gasteiger partial charge in [-0.3, -0.25) is 0 Å². The van der Waals surface area contributed by atoms with Gasteiger partial charge in [-0.1, -0.05) is 52.3 Å². The number of hydrogen-bond donors (Lipinski definition) is 1. The molecule has 0 bridgehead atoms. The third kappa shape index (κ3) is 2.72. The number of aromatic nitrogens is 2. The predicted molar refractivity (Wildman–Crippen MR) is 85.4 cm³/mol. The van der Waals surface area contributed by atoms with Crippen LogP contribution in [0.5, 0.6) is 0 Å². The van der Waals surface area contributed by atoms with E-state index in [0.717, 1.165) is 30.0 Å². The fourth-order valence-electron chi connectivity index (χ4n) is 2.75. The fraction of sp³-hybridized carbons (Fsp3) is 0.471. The minimum absolute atomic E-state index is 0.391. The van der Waals surface area contributed by atoms with E-state index in [1.807, 2.05) is 35.0 Å². The molecule has 0 fully saturated rings. The number of anilines is 1. The Morgan fingerprint density at radius 1 is 1.15 bits per heavy atom. The van der Waals surface area contributed by atoms with Gasteiger partial charge in [0, 0.05) is 11.5 Å². The van der Waals surface area contributed by atoms with Crippen LogP contribution in [0.4, 0.5) is 5.82 Å². The molecule has 0 aliphatic carbocycles. The number of benzene rings is 1. The molecule has 0 aliphatic heterocycles. The van der Waals surface area contributed by atoms with Crippen molar-refractivity contribution >= 4 is 5.82 Å². The third-order valence-electron chi connectivity index (χ3n) is 3.75. The fourth-order valence-corrected chi connectivity index (χ4v) is 2.75. The first kappa shape index (κ1) is 14.6. The first-order valence-corrected chi connectivity index (χ1v) is 7.49. The van der Waals surface area contributed by atoms with E-state index >= 15 is 0 Å². The summed E-state index contributed by atoms with van der Waals surface area (Å²) in [5.41, 5.74) is 9.76. The third-order valence-corrected chi connectivity index (χ3v) is 3.75. The molecule has 108 valence electrons. The molecule has 0 amide bonds. The number of nitrogens with two attached hydrogens (primary N) is 1. The van der Waals surface area contributed by atoms with Gasteiger partial charge in [-0.2, -0.15) is 5.10 Å². The second-order valence-corrected chi connectivity index (χ2v) is 5.78. The van der Waals surface area contributed by atoms with Crippen LogP contribution in [0.15, 0.2) is 30.3 Å². The average molecular weight is 271 g/mol. The zero-order chi connectivity index (χ0) is 14.7. The van der Waals surface area contributed by atoms with Crippen molar-refractivity contribution in [3.8, 4) is 5.69 Å². The summed E-state index contributed by atoms with van der Waals surface area (Å²) in [5.74, 6) is 1.62. The molecule has 1 unspecified atom stereocenters. The lowest BCUT2D eigenvalue weighted by molar-refractivity contribution is 0.627. The Bertz CT molecular complexity index is 555. The SMILES string of the molecule is CCCC(C)c1nn(-c2ccccc2)c(N)c1C(C)C. The van der Waals surface area contributed by atoms with Crippen molar-refractivity contribution in [2.24, 2.45) is 0 Å². The lowest BCUT2D eigenvalue weighted by Crippen LogP contribution is -2.03. The summed E-state index contributed by atoms with van der Waals surface area (Å²) in [7, 11) is 0. The van der Waals surface area contributed by atoms with Gasteiger partial charge in [0.2, 0.25) is 0 Å². The van der Waals surface area contributed by atoms with Gasteiger partial charge >= 0.3 is 0 Å². The molecule has 0 saturated carbocycles. The van der Waals surface area contributed by atoms with E-state index in [1.165, 1.54) is 5.56 Å². The summed E-state index contributed by atoms with van der Waals surface area (Å²) in [6, 6.07) is 10.1. The number of para-hydroxylation sites is 1. The molecule has 0 radical (unpaired) electrons. The first-order valence-electron chi connectivity index (χ1n) is 7.49. The lowest BCUT2D eigenvalue weighted by atomic mass is 9.93. The zero-order valence-corrected chi connectivity index (χ0v) is 12.9. The Hall–Kier alpha value is -1.77. The van der Waals surface area contributed by atoms with Gasteiger partial charge in [0.05, 0.1) is 11.4 Å². The Morgan fingerprint density at radius 3 is 2.35 bits per heavy atom. The number of nitrogens with zero attached hydrogens (tertiary/aromatic N) is 2. The highest BCUT2D eigenvalue weighted by molar-refractivity contribution is 5.52. The number of hydrogen-bond acceptors (Lipinski definition) is 2. The topological polar surface area (TPSA) is 43.8 Å². The van der Waals surface area contributed by atoms with Crippen LogP contribution >= 0.6 is 0 Å². The maximum absolute atomic E-state index is 6.37. The van der Waals surface area contributed by atoms with Gasteiger partial charge in [-0.25, -0.2) is 4.68 Å². The van der Waals surface area contributed by atoms with Crippen molar-refractivity contribution in [1.82, 2.24) is 9.78 Å². The lowest BCUT2D eigenvalue weighted by Gasteiger charge is -2.12. The first-order chi connectivity index (χ1) is 9.56. The van der Waals surface area contributed by atoms with Crippen LogP contribution in [0.3, 0.4) is 0 Å². The standard InChI is InChI=1S/C17H25N3/c1-5-9-13(4)16-15(12(2)3)17(18)20(19-16)14-10-7-6-8-11-14/h6-8,10-13H,5,9,18H2,1-4H3. The molecule has 20 heavy (non-hydrogen) atoms. The molecule has 2 aromatic rings. The molecule has 2 rings (SSSR count). The van der Waals surface area contributed by atoms with Gasteiger partial charge in [0.1, 0.15) is 5.82 Å². The van der Waals surface area contributed by atoms with Crippen molar-refractivity contribution in [2.45, 2.75) is 52.4 Å². The van der Waals surface area contributed by atoms with E-state index in [-0.39, 0.29) is 0 Å². The van der Waals surface area contributed by atoms with Crippen LogP contribution in [0, 0.1) is 0 Å². The second kappa shape index (κ2) is 6.12. The summed E-state index contributed by atoms with van der Waals surface area (Å²) in [4.78, 5) is 0. The highest BCUT2D eigenvalue weighted by Gasteiger charge is 2.22. The van der Waals surface area contributed by atoms with E-state index in [2.05, 4.69) is 27.7 Å². The van der Waals surface area contributed by atoms with Crippen molar-refractivity contribution in [3.05, 3.63) is 41.6 Å². The Kier molecular flexibility index (Phi) is 4.48. The largest absolute Gasteiger partial charge is 0.383 e. The molecular weight excluding hydrogens is 246 g/mol. The normalized spacial score (nSPS) is 12.8. The predicted octanol–water partition coefficient (Wildman–Crippen LogP) is 4.48. The minimum Gasteiger partial charge on any atom is -0.383 e. The quantitative estimate of drug-likeness (QED) is 0.871. The van der Waals surface area contributed by atoms with Crippen LogP contribution in [-0.2, 0) is 0 Å². The molecule has 3 nitrogen and oxygen atoms in total. The smallest absolute Gasteiger partial charge is 0.130 e. The van der Waals surface area contributed by atoms with Crippen LogP contribution in [0.2, 0.25) is 0 Å². The van der Waals surface area contributed by atoms with Gasteiger partial charge in [0.25, 0.3) is 0 Å². The Balaban J connectivity index is 2.53. The molecule has 2 N–H and O–H groups in total. The molecule has 1 aromatic carbocycles. The van der Waals surface area contributed by atoms with Crippen molar-refractivity contribution in [1.29, 1.82) is 0 Å². The molecule has 1 aromatic heterocycles. The molecule has 0 spiro atoms. The number of rotatable bonds is 5. The Labute approximate surface area is 121 Å². The zero-order valence-electron chi connectivity index (χ0n) is 12.9. The highest BCUT2D eigenvalue weighted by Crippen LogP contribution is 2.33. The van der Waals surface area contributed by atoms with Gasteiger partial charge in [0.15, 0.2) is 0 Å². The molecule has 0 saturated heterocycles. The monoisotopic (exact) mass is 271 g/mol. The molecule has 1 atom stereocenters. The van der Waals surface area contributed by atoms with E-state index in [4.69, 9.17) is 10.8 Å². The van der Waals surface area contributed by atoms with Crippen molar-refractivity contribution < 1.29 is 0 Å². The van der Waals surface area contributed by atoms with Crippen LogP contribution in [0.25, 0.3) is 5.69 Å². The summed E-state index contributed by atoms with van der Waals surface area (Å²) >= 11 is 0. The summed E-state index contributed by atoms with van der Waals surface area (Å²) < 4.78 is 1.89. The highest BCUT2D eigenvalue weighted by atomic mass is 15.3.